The Kier molecular flexibility index (Phi) is 6.03. The van der Waals surface area contributed by atoms with Crippen LogP contribution in [0.4, 0.5) is 0 Å². The Morgan fingerprint density at radius 2 is 1.79 bits per heavy atom. The molecule has 3 nitrogen and oxygen atoms in total. The van der Waals surface area contributed by atoms with Crippen LogP contribution in [0.3, 0.4) is 0 Å². The van der Waals surface area contributed by atoms with Gasteiger partial charge in [0.25, 0.3) is 5.91 Å². The van der Waals surface area contributed by atoms with Gasteiger partial charge < -0.3 is 10.6 Å². The number of nitrogens with one attached hydrogen (secondary N) is 2. The minimum atomic E-state index is -0.232. The third kappa shape index (κ3) is 4.59. The summed E-state index contributed by atoms with van der Waals surface area (Å²) < 4.78 is 0. The zero-order valence-corrected chi connectivity index (χ0v) is 15.1. The summed E-state index contributed by atoms with van der Waals surface area (Å²) in [7, 11) is 0. The van der Waals surface area contributed by atoms with Gasteiger partial charge in [-0.3, -0.25) is 4.79 Å². The largest absolute Gasteiger partial charge is 0.347 e. The van der Waals surface area contributed by atoms with E-state index in [0.29, 0.717) is 0 Å². The van der Waals surface area contributed by atoms with Crippen molar-refractivity contribution in [2.45, 2.75) is 45.3 Å². The first-order valence-electron chi connectivity index (χ1n) is 8.22. The summed E-state index contributed by atoms with van der Waals surface area (Å²) in [5, 5.41) is 6.48. The zero-order valence-electron chi connectivity index (χ0n) is 14.3. The number of benzene rings is 2. The highest BCUT2D eigenvalue weighted by atomic mass is 35.5. The van der Waals surface area contributed by atoms with Crippen molar-refractivity contribution in [3.05, 3.63) is 70.8 Å². The lowest BCUT2D eigenvalue weighted by Gasteiger charge is -2.26. The molecule has 1 amide bonds. The molecule has 0 saturated heterocycles. The van der Waals surface area contributed by atoms with E-state index in [1.54, 1.807) is 0 Å². The van der Waals surface area contributed by atoms with Crippen molar-refractivity contribution < 1.29 is 4.79 Å². The fourth-order valence-electron chi connectivity index (χ4n) is 2.98. The molecule has 0 fully saturated rings. The smallest absolute Gasteiger partial charge is 0.251 e. The number of halogens is 1. The molecule has 4 heteroatoms. The Morgan fingerprint density at radius 3 is 2.54 bits per heavy atom. The predicted molar refractivity (Wildman–Crippen MR) is 101 cm³/mol. The van der Waals surface area contributed by atoms with Gasteiger partial charge in [-0.05, 0) is 55.5 Å². The molecule has 2 aromatic carbocycles. The van der Waals surface area contributed by atoms with E-state index in [4.69, 9.17) is 0 Å². The number of fused-ring (bicyclic) bond motifs is 1. The second-order valence-corrected chi connectivity index (χ2v) is 6.91. The van der Waals surface area contributed by atoms with Crippen molar-refractivity contribution in [3.8, 4) is 0 Å². The van der Waals surface area contributed by atoms with E-state index >= 15 is 0 Å². The lowest BCUT2D eigenvalue weighted by Crippen LogP contribution is -2.43. The van der Waals surface area contributed by atoms with Crippen LogP contribution in [0.25, 0.3) is 0 Å². The van der Waals surface area contributed by atoms with Crippen LogP contribution in [0, 0.1) is 0 Å². The second-order valence-electron chi connectivity index (χ2n) is 6.91. The van der Waals surface area contributed by atoms with E-state index in [1.807, 2.05) is 18.2 Å². The van der Waals surface area contributed by atoms with Gasteiger partial charge in [0.15, 0.2) is 0 Å². The van der Waals surface area contributed by atoms with Crippen LogP contribution in [0.2, 0.25) is 0 Å². The maximum atomic E-state index is 12.5. The molecule has 3 rings (SSSR count). The van der Waals surface area contributed by atoms with Gasteiger partial charge in [0.2, 0.25) is 0 Å². The van der Waals surface area contributed by atoms with E-state index in [2.05, 4.69) is 54.8 Å². The number of hydrogen-bond donors (Lipinski definition) is 2. The Hall–Kier alpha value is -1.84. The summed E-state index contributed by atoms with van der Waals surface area (Å²) in [6.07, 6.45) is 1.87. The van der Waals surface area contributed by atoms with Gasteiger partial charge in [-0.1, -0.05) is 36.4 Å². The summed E-state index contributed by atoms with van der Waals surface area (Å²) >= 11 is 0. The van der Waals surface area contributed by atoms with E-state index in [1.165, 1.54) is 16.7 Å². The first-order chi connectivity index (χ1) is 11.0. The van der Waals surface area contributed by atoms with Crippen molar-refractivity contribution in [1.29, 1.82) is 0 Å². The average molecular weight is 345 g/mol. The topological polar surface area (TPSA) is 41.1 Å². The van der Waals surface area contributed by atoms with Crippen molar-refractivity contribution >= 4 is 18.3 Å². The number of amides is 1. The van der Waals surface area contributed by atoms with Crippen LogP contribution < -0.4 is 10.6 Å². The van der Waals surface area contributed by atoms with Crippen molar-refractivity contribution in [2.75, 3.05) is 0 Å². The van der Waals surface area contributed by atoms with Crippen LogP contribution in [0.5, 0.6) is 0 Å². The van der Waals surface area contributed by atoms with Gasteiger partial charge in [0, 0.05) is 24.2 Å². The number of carbonyl (C=O) groups excluding carboxylic acids is 1. The van der Waals surface area contributed by atoms with Crippen molar-refractivity contribution in [3.63, 3.8) is 0 Å². The summed E-state index contributed by atoms with van der Waals surface area (Å²) in [5.74, 6) is 0.0118. The lowest BCUT2D eigenvalue weighted by molar-refractivity contribution is 0.0909. The Bertz CT molecular complexity index is 698. The van der Waals surface area contributed by atoms with E-state index < -0.39 is 0 Å². The molecule has 1 heterocycles. The molecule has 128 valence electrons. The SMILES string of the molecule is CC(C)(CCc1ccccc1)NC(=O)c1ccc2c(c1)CNC2.Cl. The highest BCUT2D eigenvalue weighted by Crippen LogP contribution is 2.19. The zero-order chi connectivity index (χ0) is 16.3. The molecule has 0 bridgehead atoms. The number of aryl methyl sites for hydroxylation is 1. The van der Waals surface area contributed by atoms with E-state index in [0.717, 1.165) is 31.5 Å². The minimum absolute atomic E-state index is 0. The molecule has 0 unspecified atom stereocenters. The van der Waals surface area contributed by atoms with Crippen LogP contribution >= 0.6 is 12.4 Å². The van der Waals surface area contributed by atoms with Gasteiger partial charge in [-0.25, -0.2) is 0 Å². The van der Waals surface area contributed by atoms with E-state index in [9.17, 15) is 4.79 Å². The predicted octanol–water partition coefficient (Wildman–Crippen LogP) is 3.85. The molecular formula is C20H25ClN2O. The van der Waals surface area contributed by atoms with Gasteiger partial charge in [-0.2, -0.15) is 0 Å². The minimum Gasteiger partial charge on any atom is -0.347 e. The van der Waals surface area contributed by atoms with Crippen LogP contribution in [0.1, 0.15) is 47.3 Å². The molecule has 0 spiro atoms. The maximum Gasteiger partial charge on any atom is 0.251 e. The third-order valence-corrected chi connectivity index (χ3v) is 4.43. The van der Waals surface area contributed by atoms with Gasteiger partial charge >= 0.3 is 0 Å². The first kappa shape index (κ1) is 18.5. The summed E-state index contributed by atoms with van der Waals surface area (Å²) in [4.78, 5) is 12.5. The molecule has 0 radical (unpaired) electrons. The molecule has 2 aromatic rings. The Morgan fingerprint density at radius 1 is 1.08 bits per heavy atom. The number of carbonyl (C=O) groups is 1. The molecule has 0 saturated carbocycles. The summed E-state index contributed by atoms with van der Waals surface area (Å²) in [5.41, 5.74) is 4.35. The normalized spacial score (nSPS) is 13.1. The average Bonchev–Trinajstić information content (AvgIpc) is 3.01. The summed E-state index contributed by atoms with van der Waals surface area (Å²) in [6, 6.07) is 16.4. The quantitative estimate of drug-likeness (QED) is 0.865. The Labute approximate surface area is 150 Å². The monoisotopic (exact) mass is 344 g/mol. The first-order valence-corrected chi connectivity index (χ1v) is 8.22. The fourth-order valence-corrected chi connectivity index (χ4v) is 2.98. The van der Waals surface area contributed by atoms with Gasteiger partial charge in [0.05, 0.1) is 0 Å². The molecule has 0 atom stereocenters. The molecule has 1 aliphatic rings. The van der Waals surface area contributed by atoms with E-state index in [-0.39, 0.29) is 23.9 Å². The van der Waals surface area contributed by atoms with Crippen LogP contribution in [0.15, 0.2) is 48.5 Å². The van der Waals surface area contributed by atoms with Crippen LogP contribution in [-0.4, -0.2) is 11.4 Å². The maximum absolute atomic E-state index is 12.5. The molecule has 0 aliphatic carbocycles. The third-order valence-electron chi connectivity index (χ3n) is 4.43. The van der Waals surface area contributed by atoms with Crippen molar-refractivity contribution in [2.24, 2.45) is 0 Å². The number of rotatable bonds is 5. The van der Waals surface area contributed by atoms with Crippen LogP contribution in [-0.2, 0) is 19.5 Å². The molecular weight excluding hydrogens is 320 g/mol. The standard InChI is InChI=1S/C20H24N2O.ClH/c1-20(2,11-10-15-6-4-3-5-7-15)22-19(23)16-8-9-17-13-21-14-18(17)12-16;/h3-9,12,21H,10-11,13-14H2,1-2H3,(H,22,23);1H. The highest BCUT2D eigenvalue weighted by molar-refractivity contribution is 5.95. The molecule has 0 aromatic heterocycles. The molecule has 1 aliphatic heterocycles. The summed E-state index contributed by atoms with van der Waals surface area (Å²) in [6.45, 7) is 5.93. The second kappa shape index (κ2) is 7.82. The number of hydrogen-bond acceptors (Lipinski definition) is 2. The Balaban J connectivity index is 0.00000208. The van der Waals surface area contributed by atoms with Gasteiger partial charge in [0.1, 0.15) is 0 Å². The molecule has 2 N–H and O–H groups in total. The van der Waals surface area contributed by atoms with Crippen molar-refractivity contribution in [1.82, 2.24) is 10.6 Å². The fraction of sp³-hybridized carbons (Fsp3) is 0.350. The lowest BCUT2D eigenvalue weighted by atomic mass is 9.94. The highest BCUT2D eigenvalue weighted by Gasteiger charge is 2.22. The molecule has 24 heavy (non-hydrogen) atoms. The van der Waals surface area contributed by atoms with Gasteiger partial charge in [-0.15, -0.1) is 12.4 Å².